The monoisotopic (exact) mass is 376 g/mol. The first kappa shape index (κ1) is 16.5. The molecule has 130 valence electrons. The van der Waals surface area contributed by atoms with Crippen LogP contribution in [-0.2, 0) is 10.0 Å². The highest BCUT2D eigenvalue weighted by atomic mass is 32.2. The van der Waals surface area contributed by atoms with E-state index in [1.54, 1.807) is 30.5 Å². The van der Waals surface area contributed by atoms with E-state index in [4.69, 9.17) is 0 Å². The molecule has 1 saturated carbocycles. The Morgan fingerprint density at radius 2 is 2.00 bits per heavy atom. The van der Waals surface area contributed by atoms with Crippen molar-refractivity contribution in [2.24, 2.45) is 5.92 Å². The van der Waals surface area contributed by atoms with Crippen molar-refractivity contribution < 1.29 is 13.5 Å². The van der Waals surface area contributed by atoms with Gasteiger partial charge in [-0.1, -0.05) is 12.1 Å². The second-order valence-electron chi connectivity index (χ2n) is 6.13. The predicted octanol–water partition coefficient (Wildman–Crippen LogP) is 1.88. The predicted molar refractivity (Wildman–Crippen MR) is 93.4 cm³/mol. The number of benzene rings is 1. The number of aliphatic hydroxyl groups is 1. The number of nitrogens with zero attached hydrogens (tertiary/aromatic N) is 3. The first-order chi connectivity index (χ1) is 12.0. The fourth-order valence-corrected chi connectivity index (χ4v) is 5.13. The zero-order valence-corrected chi connectivity index (χ0v) is 14.7. The number of hydrogen-bond acceptors (Lipinski definition) is 7. The lowest BCUT2D eigenvalue weighted by Gasteiger charge is -2.37. The van der Waals surface area contributed by atoms with Crippen LogP contribution in [0.25, 0.3) is 11.0 Å². The normalized spacial score (nSPS) is 21.8. The van der Waals surface area contributed by atoms with E-state index in [9.17, 15) is 13.5 Å². The van der Waals surface area contributed by atoms with E-state index >= 15 is 0 Å². The van der Waals surface area contributed by atoms with Gasteiger partial charge in [0.15, 0.2) is 0 Å². The zero-order chi connectivity index (χ0) is 17.4. The van der Waals surface area contributed by atoms with Gasteiger partial charge in [0.05, 0.1) is 29.6 Å². The molecule has 0 bridgehead atoms. The van der Waals surface area contributed by atoms with Crippen molar-refractivity contribution >= 4 is 32.8 Å². The van der Waals surface area contributed by atoms with Crippen LogP contribution in [0, 0.1) is 5.92 Å². The van der Waals surface area contributed by atoms with Crippen LogP contribution in [0.5, 0.6) is 0 Å². The van der Waals surface area contributed by atoms with Gasteiger partial charge in [-0.15, -0.1) is 0 Å². The van der Waals surface area contributed by atoms with Crippen LogP contribution < -0.4 is 4.72 Å². The third kappa shape index (κ3) is 3.15. The van der Waals surface area contributed by atoms with Crippen molar-refractivity contribution in [3.8, 4) is 0 Å². The molecule has 0 amide bonds. The largest absolute Gasteiger partial charge is 0.393 e. The van der Waals surface area contributed by atoms with Gasteiger partial charge in [0.1, 0.15) is 15.9 Å². The molecule has 3 aromatic rings. The lowest BCUT2D eigenvalue weighted by Crippen LogP contribution is -2.41. The molecule has 0 saturated heterocycles. The molecule has 4 rings (SSSR count). The fraction of sp³-hybridized carbons (Fsp3) is 0.312. The minimum atomic E-state index is -3.81. The Balaban J connectivity index is 1.70. The van der Waals surface area contributed by atoms with Gasteiger partial charge in [-0.05, 0) is 43.0 Å². The summed E-state index contributed by atoms with van der Waals surface area (Å²) < 4.78 is 37.0. The molecule has 1 fully saturated rings. The topological polar surface area (TPSA) is 105 Å². The van der Waals surface area contributed by atoms with Crippen LogP contribution in [0.2, 0.25) is 0 Å². The molecule has 7 nitrogen and oxygen atoms in total. The van der Waals surface area contributed by atoms with Gasteiger partial charge in [0.2, 0.25) is 10.0 Å². The summed E-state index contributed by atoms with van der Waals surface area (Å²) in [4.78, 5) is 4.41. The molecule has 0 aliphatic heterocycles. The van der Waals surface area contributed by atoms with E-state index in [0.29, 0.717) is 29.6 Å². The van der Waals surface area contributed by atoms with Gasteiger partial charge < -0.3 is 5.11 Å². The molecule has 9 heteroatoms. The van der Waals surface area contributed by atoms with Crippen molar-refractivity contribution in [3.05, 3.63) is 48.3 Å². The lowest BCUT2D eigenvalue weighted by atomic mass is 9.76. The number of aromatic nitrogens is 3. The molecular formula is C16H16N4O3S2. The average molecular weight is 376 g/mol. The Hall–Kier alpha value is -1.94. The van der Waals surface area contributed by atoms with E-state index in [1.807, 2.05) is 6.07 Å². The summed E-state index contributed by atoms with van der Waals surface area (Å²) in [6, 6.07) is 9.82. The maximum atomic E-state index is 13.0. The smallest absolute Gasteiger partial charge is 0.243 e. The minimum absolute atomic E-state index is 0.00689. The molecule has 2 heterocycles. The number of sulfonamides is 1. The molecule has 2 aromatic heterocycles. The molecule has 25 heavy (non-hydrogen) atoms. The third-order valence-electron chi connectivity index (χ3n) is 4.45. The number of pyridine rings is 1. The quantitative estimate of drug-likeness (QED) is 0.704. The Kier molecular flexibility index (Phi) is 4.24. The minimum Gasteiger partial charge on any atom is -0.393 e. The molecule has 1 unspecified atom stereocenters. The van der Waals surface area contributed by atoms with E-state index in [2.05, 4.69) is 18.5 Å². The van der Waals surface area contributed by atoms with Crippen LogP contribution in [0.15, 0.2) is 47.5 Å². The highest BCUT2D eigenvalue weighted by Gasteiger charge is 2.38. The number of nitrogens with one attached hydrogen (secondary N) is 1. The number of aliphatic hydroxyl groups excluding tert-OH is 1. The first-order valence-electron chi connectivity index (χ1n) is 7.87. The van der Waals surface area contributed by atoms with Crippen LogP contribution in [0.3, 0.4) is 0 Å². The van der Waals surface area contributed by atoms with E-state index < -0.39 is 16.1 Å². The summed E-state index contributed by atoms with van der Waals surface area (Å²) in [6.45, 7) is 0. The Labute approximate surface area is 149 Å². The maximum Gasteiger partial charge on any atom is 0.243 e. The molecule has 1 aliphatic rings. The van der Waals surface area contributed by atoms with Gasteiger partial charge in [0.25, 0.3) is 0 Å². The van der Waals surface area contributed by atoms with E-state index in [0.717, 1.165) is 11.7 Å². The summed E-state index contributed by atoms with van der Waals surface area (Å²) in [7, 11) is -3.81. The molecule has 1 atom stereocenters. The van der Waals surface area contributed by atoms with Crippen molar-refractivity contribution in [2.45, 2.75) is 29.9 Å². The van der Waals surface area contributed by atoms with Gasteiger partial charge in [-0.25, -0.2) is 13.1 Å². The summed E-state index contributed by atoms with van der Waals surface area (Å²) in [5, 5.41) is 9.63. The summed E-state index contributed by atoms with van der Waals surface area (Å²) >= 11 is 0.983. The van der Waals surface area contributed by atoms with Gasteiger partial charge in [-0.2, -0.15) is 8.75 Å². The zero-order valence-electron chi connectivity index (χ0n) is 13.1. The van der Waals surface area contributed by atoms with E-state index in [-0.39, 0.29) is 16.9 Å². The van der Waals surface area contributed by atoms with Crippen LogP contribution in [0.1, 0.15) is 24.6 Å². The molecule has 0 radical (unpaired) electrons. The van der Waals surface area contributed by atoms with E-state index in [1.165, 1.54) is 6.07 Å². The third-order valence-corrected chi connectivity index (χ3v) is 6.46. The average Bonchev–Trinajstić information content (AvgIpc) is 3.06. The van der Waals surface area contributed by atoms with Gasteiger partial charge >= 0.3 is 0 Å². The molecule has 0 spiro atoms. The van der Waals surface area contributed by atoms with Crippen molar-refractivity contribution in [2.75, 3.05) is 0 Å². The molecular weight excluding hydrogens is 360 g/mol. The number of hydrogen-bond donors (Lipinski definition) is 2. The van der Waals surface area contributed by atoms with Crippen molar-refractivity contribution in [1.29, 1.82) is 0 Å². The summed E-state index contributed by atoms with van der Waals surface area (Å²) in [5.74, 6) is 0.00689. The summed E-state index contributed by atoms with van der Waals surface area (Å²) in [6.07, 6.45) is 2.35. The second kappa shape index (κ2) is 6.41. The number of fused-ring (bicyclic) bond motifs is 1. The summed E-state index contributed by atoms with van der Waals surface area (Å²) in [5.41, 5.74) is 1.57. The number of rotatable bonds is 5. The molecule has 1 aliphatic carbocycles. The highest BCUT2D eigenvalue weighted by molar-refractivity contribution is 7.89. The second-order valence-corrected chi connectivity index (χ2v) is 8.34. The maximum absolute atomic E-state index is 13.0. The van der Waals surface area contributed by atoms with Crippen LogP contribution in [-0.4, -0.2) is 33.4 Å². The SMILES string of the molecule is O=S(=O)(NC(c1ccccn1)C1CC(O)C1)c1cccc2nsnc12. The molecule has 2 N–H and O–H groups in total. The van der Waals surface area contributed by atoms with Crippen molar-refractivity contribution in [1.82, 2.24) is 18.5 Å². The first-order valence-corrected chi connectivity index (χ1v) is 10.1. The van der Waals surface area contributed by atoms with Crippen molar-refractivity contribution in [3.63, 3.8) is 0 Å². The van der Waals surface area contributed by atoms with Gasteiger partial charge in [0, 0.05) is 6.20 Å². The standard InChI is InChI=1S/C16H16N4O3S2/c21-11-8-10(9-11)15(12-4-1-2-7-17-12)20-25(22,23)14-6-3-5-13-16(14)19-24-18-13/h1-7,10-11,15,20-21H,8-9H2. The Bertz CT molecular complexity index is 985. The Morgan fingerprint density at radius 3 is 2.72 bits per heavy atom. The lowest BCUT2D eigenvalue weighted by molar-refractivity contribution is 0.0273. The van der Waals surface area contributed by atoms with Crippen LogP contribution >= 0.6 is 11.7 Å². The molecule has 1 aromatic carbocycles. The van der Waals surface area contributed by atoms with Gasteiger partial charge in [-0.3, -0.25) is 4.98 Å². The highest BCUT2D eigenvalue weighted by Crippen LogP contribution is 2.38. The van der Waals surface area contributed by atoms with Crippen LogP contribution in [0.4, 0.5) is 0 Å². The fourth-order valence-electron chi connectivity index (χ4n) is 3.09. The Morgan fingerprint density at radius 1 is 1.16 bits per heavy atom.